The molecule has 0 radical (unpaired) electrons. The van der Waals surface area contributed by atoms with Crippen molar-refractivity contribution in [3.05, 3.63) is 0 Å². The molecule has 0 aromatic rings. The van der Waals surface area contributed by atoms with Crippen LogP contribution >= 0.6 is 0 Å². The van der Waals surface area contributed by atoms with Gasteiger partial charge in [0.25, 0.3) is 0 Å². The largest absolute Gasteiger partial charge is 0.304 e. The highest BCUT2D eigenvalue weighted by molar-refractivity contribution is 6.05. The van der Waals surface area contributed by atoms with Gasteiger partial charge in [-0.25, -0.2) is 0 Å². The SMILES string of the molecule is CCC(C)N(C)CCNC1CC(=O)N(C(C)CC)C1=O. The maximum absolute atomic E-state index is 12.2. The van der Waals surface area contributed by atoms with E-state index in [0.29, 0.717) is 12.5 Å². The Morgan fingerprint density at radius 2 is 1.95 bits per heavy atom. The normalized spacial score (nSPS) is 22.7. The van der Waals surface area contributed by atoms with Gasteiger partial charge in [-0.3, -0.25) is 14.5 Å². The number of likely N-dealkylation sites (tertiary alicyclic amines) is 1. The molecule has 1 N–H and O–H groups in total. The van der Waals surface area contributed by atoms with E-state index in [-0.39, 0.29) is 23.9 Å². The van der Waals surface area contributed by atoms with E-state index in [9.17, 15) is 9.59 Å². The van der Waals surface area contributed by atoms with Crippen LogP contribution in [0.15, 0.2) is 0 Å². The van der Waals surface area contributed by atoms with E-state index in [2.05, 4.69) is 31.1 Å². The van der Waals surface area contributed by atoms with Crippen LogP contribution < -0.4 is 5.32 Å². The van der Waals surface area contributed by atoms with Gasteiger partial charge >= 0.3 is 0 Å². The molecule has 0 bridgehead atoms. The molecule has 1 aliphatic heterocycles. The van der Waals surface area contributed by atoms with Crippen LogP contribution in [-0.2, 0) is 9.59 Å². The van der Waals surface area contributed by atoms with Crippen LogP contribution in [0.1, 0.15) is 47.0 Å². The molecule has 1 heterocycles. The summed E-state index contributed by atoms with van der Waals surface area (Å²) in [5.41, 5.74) is 0. The van der Waals surface area contributed by atoms with Gasteiger partial charge in [-0.15, -0.1) is 0 Å². The molecule has 0 aromatic heterocycles. The first-order chi connectivity index (χ1) is 9.42. The number of nitrogens with zero attached hydrogens (tertiary/aromatic N) is 2. The summed E-state index contributed by atoms with van der Waals surface area (Å²) in [6.45, 7) is 9.89. The monoisotopic (exact) mass is 283 g/mol. The predicted octanol–water partition coefficient (Wildman–Crippen LogP) is 1.23. The van der Waals surface area contributed by atoms with Crippen LogP contribution in [0.4, 0.5) is 0 Å². The quantitative estimate of drug-likeness (QED) is 0.681. The Hall–Kier alpha value is -0.940. The average Bonchev–Trinajstić information content (AvgIpc) is 2.71. The summed E-state index contributed by atoms with van der Waals surface area (Å²) in [5, 5.41) is 3.23. The standard InChI is InChI=1S/C15H29N3O2/c1-6-11(3)17(5)9-8-16-13-10-14(19)18(15(13)20)12(4)7-2/h11-13,16H,6-10H2,1-5H3. The number of carbonyl (C=O) groups is 2. The minimum absolute atomic E-state index is 0.00425. The highest BCUT2D eigenvalue weighted by atomic mass is 16.2. The highest BCUT2D eigenvalue weighted by Gasteiger charge is 2.40. The Kier molecular flexibility index (Phi) is 6.62. The van der Waals surface area contributed by atoms with Gasteiger partial charge in [0, 0.05) is 25.2 Å². The Balaban J connectivity index is 2.43. The lowest BCUT2D eigenvalue weighted by Gasteiger charge is -2.24. The first-order valence-corrected chi connectivity index (χ1v) is 7.71. The molecule has 1 aliphatic rings. The number of likely N-dealkylation sites (N-methyl/N-ethyl adjacent to an activating group) is 1. The third-order valence-electron chi connectivity index (χ3n) is 4.41. The first-order valence-electron chi connectivity index (χ1n) is 7.71. The maximum Gasteiger partial charge on any atom is 0.247 e. The zero-order valence-corrected chi connectivity index (χ0v) is 13.5. The lowest BCUT2D eigenvalue weighted by molar-refractivity contribution is -0.141. The summed E-state index contributed by atoms with van der Waals surface area (Å²) in [7, 11) is 2.09. The Bertz CT molecular complexity index is 346. The average molecular weight is 283 g/mol. The molecule has 5 heteroatoms. The van der Waals surface area contributed by atoms with E-state index >= 15 is 0 Å². The van der Waals surface area contributed by atoms with Gasteiger partial charge in [-0.05, 0) is 33.7 Å². The van der Waals surface area contributed by atoms with Crippen molar-refractivity contribution in [3.8, 4) is 0 Å². The summed E-state index contributed by atoms with van der Waals surface area (Å²) >= 11 is 0. The van der Waals surface area contributed by atoms with Crippen LogP contribution in [0.2, 0.25) is 0 Å². The summed E-state index contributed by atoms with van der Waals surface area (Å²) in [6.07, 6.45) is 2.22. The van der Waals surface area contributed by atoms with Crippen molar-refractivity contribution in [1.82, 2.24) is 15.1 Å². The third-order valence-corrected chi connectivity index (χ3v) is 4.41. The summed E-state index contributed by atoms with van der Waals surface area (Å²) in [6, 6.07) is 0.209. The van der Waals surface area contributed by atoms with Crippen molar-refractivity contribution < 1.29 is 9.59 Å². The lowest BCUT2D eigenvalue weighted by Crippen LogP contribution is -2.44. The molecule has 5 nitrogen and oxygen atoms in total. The van der Waals surface area contributed by atoms with Gasteiger partial charge in [-0.2, -0.15) is 0 Å². The van der Waals surface area contributed by atoms with Crippen molar-refractivity contribution in [1.29, 1.82) is 0 Å². The van der Waals surface area contributed by atoms with Gasteiger partial charge in [0.15, 0.2) is 0 Å². The number of imide groups is 1. The second-order valence-corrected chi connectivity index (χ2v) is 5.81. The van der Waals surface area contributed by atoms with E-state index in [1.165, 1.54) is 4.90 Å². The number of amides is 2. The Morgan fingerprint density at radius 3 is 2.50 bits per heavy atom. The van der Waals surface area contributed by atoms with Crippen molar-refractivity contribution in [2.75, 3.05) is 20.1 Å². The molecule has 1 saturated heterocycles. The lowest BCUT2D eigenvalue weighted by atomic mass is 10.2. The van der Waals surface area contributed by atoms with Gasteiger partial charge in [0.05, 0.1) is 12.5 Å². The van der Waals surface area contributed by atoms with Crippen LogP contribution in [0.5, 0.6) is 0 Å². The molecular weight excluding hydrogens is 254 g/mol. The molecule has 1 rings (SSSR count). The molecule has 1 fully saturated rings. The highest BCUT2D eigenvalue weighted by Crippen LogP contribution is 2.17. The zero-order valence-electron chi connectivity index (χ0n) is 13.5. The van der Waals surface area contributed by atoms with E-state index in [1.807, 2.05) is 13.8 Å². The fraction of sp³-hybridized carbons (Fsp3) is 0.867. The van der Waals surface area contributed by atoms with Gasteiger partial charge < -0.3 is 10.2 Å². The smallest absolute Gasteiger partial charge is 0.247 e. The van der Waals surface area contributed by atoms with E-state index in [1.54, 1.807) is 0 Å². The van der Waals surface area contributed by atoms with E-state index < -0.39 is 0 Å². The van der Waals surface area contributed by atoms with Crippen LogP contribution in [0.25, 0.3) is 0 Å². The zero-order chi connectivity index (χ0) is 15.3. The van der Waals surface area contributed by atoms with Crippen LogP contribution in [-0.4, -0.2) is 59.9 Å². The second kappa shape index (κ2) is 7.74. The minimum atomic E-state index is -0.332. The third kappa shape index (κ3) is 4.03. The van der Waals surface area contributed by atoms with Crippen molar-refractivity contribution in [2.45, 2.75) is 65.1 Å². The summed E-state index contributed by atoms with van der Waals surface area (Å²) in [5.74, 6) is -0.104. The molecule has 3 atom stereocenters. The van der Waals surface area contributed by atoms with E-state index in [0.717, 1.165) is 25.9 Å². The Labute approximate surface area is 122 Å². The molecule has 116 valence electrons. The number of hydrogen-bond donors (Lipinski definition) is 1. The van der Waals surface area contributed by atoms with Gasteiger partial charge in [0.2, 0.25) is 11.8 Å². The maximum atomic E-state index is 12.2. The number of nitrogens with one attached hydrogen (secondary N) is 1. The molecule has 0 aromatic carbocycles. The predicted molar refractivity (Wildman–Crippen MR) is 80.4 cm³/mol. The fourth-order valence-corrected chi connectivity index (χ4v) is 2.40. The molecule has 3 unspecified atom stereocenters. The van der Waals surface area contributed by atoms with E-state index in [4.69, 9.17) is 0 Å². The molecular formula is C15H29N3O2. The number of hydrogen-bond acceptors (Lipinski definition) is 4. The Morgan fingerprint density at radius 1 is 1.30 bits per heavy atom. The summed E-state index contributed by atoms with van der Waals surface area (Å²) < 4.78 is 0. The van der Waals surface area contributed by atoms with Crippen molar-refractivity contribution in [3.63, 3.8) is 0 Å². The number of carbonyl (C=O) groups excluding carboxylic acids is 2. The number of rotatable bonds is 8. The topological polar surface area (TPSA) is 52.7 Å². The molecule has 0 aliphatic carbocycles. The van der Waals surface area contributed by atoms with Crippen molar-refractivity contribution >= 4 is 11.8 Å². The van der Waals surface area contributed by atoms with Crippen LogP contribution in [0, 0.1) is 0 Å². The first kappa shape index (κ1) is 17.1. The van der Waals surface area contributed by atoms with Crippen LogP contribution in [0.3, 0.4) is 0 Å². The molecule has 2 amide bonds. The summed E-state index contributed by atoms with van der Waals surface area (Å²) in [4.78, 5) is 27.8. The molecule has 0 saturated carbocycles. The van der Waals surface area contributed by atoms with Gasteiger partial charge in [-0.1, -0.05) is 13.8 Å². The molecule has 0 spiro atoms. The fourth-order valence-electron chi connectivity index (χ4n) is 2.40. The second-order valence-electron chi connectivity index (χ2n) is 5.81. The molecule has 20 heavy (non-hydrogen) atoms. The minimum Gasteiger partial charge on any atom is -0.304 e. The van der Waals surface area contributed by atoms with Gasteiger partial charge in [0.1, 0.15) is 0 Å². The van der Waals surface area contributed by atoms with Crippen molar-refractivity contribution in [2.24, 2.45) is 0 Å².